The van der Waals surface area contributed by atoms with Crippen LogP contribution in [-0.2, 0) is 4.74 Å². The molecule has 12 heavy (non-hydrogen) atoms. The molecular weight excluding hydrogens is 168 g/mol. The van der Waals surface area contributed by atoms with Gasteiger partial charge in [-0.25, -0.2) is 0 Å². The minimum Gasteiger partial charge on any atom is -0.362 e. The van der Waals surface area contributed by atoms with Crippen LogP contribution in [0.4, 0.5) is 0 Å². The third-order valence-electron chi connectivity index (χ3n) is 0.989. The molecule has 0 N–H and O–H groups in total. The molecule has 0 radical (unpaired) electrons. The van der Waals surface area contributed by atoms with Gasteiger partial charge in [-0.15, -0.1) is 6.58 Å². The van der Waals surface area contributed by atoms with E-state index in [9.17, 15) is 20.2 Å². The fourth-order valence-electron chi connectivity index (χ4n) is 0.455. The van der Waals surface area contributed by atoms with Crippen molar-refractivity contribution in [2.24, 2.45) is 0 Å². The van der Waals surface area contributed by atoms with Gasteiger partial charge in [-0.05, 0) is 0 Å². The smallest absolute Gasteiger partial charge is 0.362 e. The van der Waals surface area contributed by atoms with E-state index in [4.69, 9.17) is 0 Å². The van der Waals surface area contributed by atoms with Gasteiger partial charge in [0.2, 0.25) is 0 Å². The lowest BCUT2D eigenvalue weighted by Gasteiger charge is -2.00. The van der Waals surface area contributed by atoms with Crippen molar-refractivity contribution < 1.29 is 14.6 Å². The summed E-state index contributed by atoms with van der Waals surface area (Å²) in [6.45, 7) is 2.81. The van der Waals surface area contributed by atoms with Crippen LogP contribution in [0.3, 0.4) is 0 Å². The van der Waals surface area contributed by atoms with Crippen molar-refractivity contribution in [1.29, 1.82) is 0 Å². The van der Waals surface area contributed by atoms with E-state index in [1.54, 1.807) is 0 Å². The second-order valence-corrected chi connectivity index (χ2v) is 1.88. The SMILES string of the molecule is C=CCOCC([N+](=O)[O-])[N+](=O)[O-]. The average molecular weight is 176 g/mol. The van der Waals surface area contributed by atoms with E-state index in [-0.39, 0.29) is 6.61 Å². The Morgan fingerprint density at radius 1 is 1.42 bits per heavy atom. The second kappa shape index (κ2) is 5.19. The molecule has 0 aliphatic carbocycles. The monoisotopic (exact) mass is 176 g/mol. The van der Waals surface area contributed by atoms with Crippen molar-refractivity contribution >= 4 is 0 Å². The first-order chi connectivity index (χ1) is 5.59. The lowest BCUT2D eigenvalue weighted by molar-refractivity contribution is -0.744. The highest BCUT2D eigenvalue weighted by atomic mass is 16.7. The Bertz CT molecular complexity index is 178. The fourth-order valence-corrected chi connectivity index (χ4v) is 0.455. The summed E-state index contributed by atoms with van der Waals surface area (Å²) in [7, 11) is 0. The van der Waals surface area contributed by atoms with Gasteiger partial charge in [0.05, 0.1) is 16.5 Å². The first-order valence-corrected chi connectivity index (χ1v) is 3.05. The predicted octanol–water partition coefficient (Wildman–Crippen LogP) is 0.0685. The number of nitro groups is 2. The summed E-state index contributed by atoms with van der Waals surface area (Å²) in [5, 5.41) is 20.0. The molecule has 0 aliphatic heterocycles. The number of hydrogen-bond donors (Lipinski definition) is 0. The molecule has 68 valence electrons. The zero-order valence-electron chi connectivity index (χ0n) is 6.21. The minimum absolute atomic E-state index is 0.0676. The van der Waals surface area contributed by atoms with Crippen molar-refractivity contribution in [3.63, 3.8) is 0 Å². The molecule has 0 aliphatic rings. The highest BCUT2D eigenvalue weighted by Crippen LogP contribution is 1.92. The molecule has 0 bridgehead atoms. The second-order valence-electron chi connectivity index (χ2n) is 1.88. The molecule has 0 unspecified atom stereocenters. The van der Waals surface area contributed by atoms with Crippen LogP contribution in [0.15, 0.2) is 12.7 Å². The Hall–Kier alpha value is -1.50. The molecule has 0 aromatic rings. The van der Waals surface area contributed by atoms with Crippen LogP contribution < -0.4 is 0 Å². The summed E-state index contributed by atoms with van der Waals surface area (Å²) in [5.74, 6) is 0. The summed E-state index contributed by atoms with van der Waals surface area (Å²) < 4.78 is 4.57. The van der Waals surface area contributed by atoms with Gasteiger partial charge in [0.1, 0.15) is 0 Å². The molecule has 0 fully saturated rings. The minimum atomic E-state index is -1.88. The van der Waals surface area contributed by atoms with Gasteiger partial charge in [-0.1, -0.05) is 6.08 Å². The molecular formula is C5H8N2O5. The lowest BCUT2D eigenvalue weighted by atomic mass is 10.5. The van der Waals surface area contributed by atoms with Crippen LogP contribution in [0.2, 0.25) is 0 Å². The molecule has 0 rings (SSSR count). The summed E-state index contributed by atoms with van der Waals surface area (Å²) in [6.07, 6.45) is -0.526. The number of nitrogens with zero attached hydrogens (tertiary/aromatic N) is 2. The summed E-state index contributed by atoms with van der Waals surface area (Å²) in [6, 6.07) is 0. The highest BCUT2D eigenvalue weighted by Gasteiger charge is 2.31. The first-order valence-electron chi connectivity index (χ1n) is 3.05. The quantitative estimate of drug-likeness (QED) is 0.187. The molecule has 7 heteroatoms. The van der Waals surface area contributed by atoms with E-state index in [2.05, 4.69) is 11.3 Å². The van der Waals surface area contributed by atoms with Crippen molar-refractivity contribution in [3.8, 4) is 0 Å². The van der Waals surface area contributed by atoms with Gasteiger partial charge in [-0.3, -0.25) is 20.2 Å². The van der Waals surface area contributed by atoms with E-state index in [1.807, 2.05) is 0 Å². The van der Waals surface area contributed by atoms with E-state index < -0.39 is 22.6 Å². The first kappa shape index (κ1) is 10.5. The maximum atomic E-state index is 9.99. The maximum Gasteiger partial charge on any atom is 0.473 e. The van der Waals surface area contributed by atoms with E-state index >= 15 is 0 Å². The van der Waals surface area contributed by atoms with Crippen LogP contribution in [0, 0.1) is 20.2 Å². The van der Waals surface area contributed by atoms with E-state index in [1.165, 1.54) is 6.08 Å². The van der Waals surface area contributed by atoms with Crippen LogP contribution in [-0.4, -0.2) is 29.2 Å². The number of hydrogen-bond acceptors (Lipinski definition) is 5. The van der Waals surface area contributed by atoms with Crippen LogP contribution in [0.25, 0.3) is 0 Å². The van der Waals surface area contributed by atoms with Gasteiger partial charge >= 0.3 is 6.17 Å². The van der Waals surface area contributed by atoms with Crippen LogP contribution in [0.5, 0.6) is 0 Å². The molecule has 0 heterocycles. The molecule has 0 saturated carbocycles. The fraction of sp³-hybridized carbons (Fsp3) is 0.600. The van der Waals surface area contributed by atoms with E-state index in [0.29, 0.717) is 0 Å². The summed E-state index contributed by atoms with van der Waals surface area (Å²) in [4.78, 5) is 18.0. The lowest BCUT2D eigenvalue weighted by Crippen LogP contribution is -2.33. The van der Waals surface area contributed by atoms with Crippen molar-refractivity contribution in [2.45, 2.75) is 6.17 Å². The number of ether oxygens (including phenoxy) is 1. The third-order valence-corrected chi connectivity index (χ3v) is 0.989. The zero-order valence-corrected chi connectivity index (χ0v) is 6.21. The average Bonchev–Trinajstić information content (AvgIpc) is 1.96. The highest BCUT2D eigenvalue weighted by molar-refractivity contribution is 4.63. The summed E-state index contributed by atoms with van der Waals surface area (Å²) in [5.41, 5.74) is 0. The topological polar surface area (TPSA) is 95.5 Å². The van der Waals surface area contributed by atoms with Gasteiger partial charge in [0.25, 0.3) is 0 Å². The van der Waals surface area contributed by atoms with Crippen molar-refractivity contribution in [1.82, 2.24) is 0 Å². The third kappa shape index (κ3) is 3.62. The Morgan fingerprint density at radius 2 is 1.92 bits per heavy atom. The Morgan fingerprint density at radius 3 is 2.25 bits per heavy atom. The Labute approximate surface area is 67.9 Å². The predicted molar refractivity (Wildman–Crippen MR) is 38.8 cm³/mol. The van der Waals surface area contributed by atoms with Gasteiger partial charge in [0, 0.05) is 0 Å². The molecule has 0 amide bonds. The molecule has 0 aromatic carbocycles. The van der Waals surface area contributed by atoms with E-state index in [0.717, 1.165) is 0 Å². The Kier molecular flexibility index (Phi) is 4.54. The van der Waals surface area contributed by atoms with Crippen LogP contribution in [0.1, 0.15) is 0 Å². The van der Waals surface area contributed by atoms with Crippen molar-refractivity contribution in [2.75, 3.05) is 13.2 Å². The number of rotatable bonds is 6. The zero-order chi connectivity index (χ0) is 9.56. The standard InChI is InChI=1S/C5H8N2O5/c1-2-3-12-4-5(6(8)9)7(10)11/h2,5H,1,3-4H2. The summed E-state index contributed by atoms with van der Waals surface area (Å²) >= 11 is 0. The van der Waals surface area contributed by atoms with Gasteiger partial charge in [0.15, 0.2) is 6.61 Å². The molecule has 7 nitrogen and oxygen atoms in total. The van der Waals surface area contributed by atoms with Gasteiger partial charge < -0.3 is 4.74 Å². The molecule has 0 atom stereocenters. The maximum absolute atomic E-state index is 9.99. The largest absolute Gasteiger partial charge is 0.473 e. The normalized spacial score (nSPS) is 9.75. The van der Waals surface area contributed by atoms with Crippen LogP contribution >= 0.6 is 0 Å². The molecule has 0 aromatic heterocycles. The molecule has 0 spiro atoms. The Balaban J connectivity index is 3.88. The molecule has 0 saturated heterocycles. The van der Waals surface area contributed by atoms with Gasteiger partial charge in [-0.2, -0.15) is 0 Å². The van der Waals surface area contributed by atoms with Crippen molar-refractivity contribution in [3.05, 3.63) is 32.9 Å².